The number of primary amides is 1. The van der Waals surface area contributed by atoms with Crippen molar-refractivity contribution >= 4 is 33.2 Å². The van der Waals surface area contributed by atoms with Crippen LogP contribution in [0.4, 0.5) is 4.39 Å². The summed E-state index contributed by atoms with van der Waals surface area (Å²) >= 11 is 1.47. The number of benzene rings is 2. The zero-order valence-electron chi connectivity index (χ0n) is 17.1. The first-order valence-corrected chi connectivity index (χ1v) is 11.3. The number of hydrogen-bond acceptors (Lipinski definition) is 4. The van der Waals surface area contributed by atoms with Crippen LogP contribution in [0, 0.1) is 11.7 Å². The van der Waals surface area contributed by atoms with E-state index in [1.807, 2.05) is 18.2 Å². The van der Waals surface area contributed by atoms with E-state index in [2.05, 4.69) is 11.4 Å². The lowest BCUT2D eigenvalue weighted by Crippen LogP contribution is -2.34. The monoisotopic (exact) mass is 440 g/mol. The average molecular weight is 441 g/mol. The minimum atomic E-state index is -0.482. The van der Waals surface area contributed by atoms with Crippen LogP contribution in [-0.4, -0.2) is 25.0 Å². The van der Waals surface area contributed by atoms with Gasteiger partial charge in [0.2, 0.25) is 0 Å². The van der Waals surface area contributed by atoms with Crippen molar-refractivity contribution in [1.29, 1.82) is 0 Å². The molecule has 0 unspecified atom stereocenters. The van der Waals surface area contributed by atoms with E-state index in [1.54, 1.807) is 12.1 Å². The summed E-state index contributed by atoms with van der Waals surface area (Å²) in [5, 5.41) is 4.02. The molecule has 31 heavy (non-hydrogen) atoms. The molecule has 1 fully saturated rings. The summed E-state index contributed by atoms with van der Waals surface area (Å²) in [6.45, 7) is 0.360. The topological polar surface area (TPSA) is 81.4 Å². The first kappa shape index (κ1) is 21.3. The Morgan fingerprint density at radius 2 is 1.77 bits per heavy atom. The van der Waals surface area contributed by atoms with Crippen LogP contribution in [0.15, 0.2) is 48.5 Å². The summed E-state index contributed by atoms with van der Waals surface area (Å²) in [4.78, 5) is 24.8. The van der Waals surface area contributed by atoms with Crippen LogP contribution in [0.1, 0.15) is 46.8 Å². The van der Waals surface area contributed by atoms with Crippen molar-refractivity contribution in [2.45, 2.75) is 31.6 Å². The molecule has 3 N–H and O–H groups in total. The van der Waals surface area contributed by atoms with Crippen molar-refractivity contribution in [2.75, 3.05) is 13.2 Å². The van der Waals surface area contributed by atoms with Gasteiger partial charge in [-0.1, -0.05) is 30.3 Å². The maximum absolute atomic E-state index is 13.6. The standard InChI is InChI=1S/C24H25FN2O3S/c25-18-6-2-3-7-19(18)30-14-21(28)27-13-15-9-11-16(12-10-15)22-17-5-1-4-8-20(17)31-23(22)24(26)29/h1-8,15-16H,9-14H2,(H2,26,29)(H,27,28). The van der Waals surface area contributed by atoms with Gasteiger partial charge >= 0.3 is 0 Å². The molecule has 5 nitrogen and oxygen atoms in total. The second kappa shape index (κ2) is 9.47. The van der Waals surface area contributed by atoms with Crippen molar-refractivity contribution in [3.05, 3.63) is 64.8 Å². The Morgan fingerprint density at radius 1 is 1.06 bits per heavy atom. The summed E-state index contributed by atoms with van der Waals surface area (Å²) in [7, 11) is 0. The highest BCUT2D eigenvalue weighted by Gasteiger charge is 2.28. The van der Waals surface area contributed by atoms with E-state index in [4.69, 9.17) is 10.5 Å². The molecule has 1 aliphatic carbocycles. The lowest BCUT2D eigenvalue weighted by atomic mass is 9.78. The second-order valence-corrected chi connectivity index (χ2v) is 9.00. The van der Waals surface area contributed by atoms with Crippen molar-refractivity contribution in [1.82, 2.24) is 5.32 Å². The molecule has 1 aromatic heterocycles. The number of thiophene rings is 1. The highest BCUT2D eigenvalue weighted by atomic mass is 32.1. The first-order valence-electron chi connectivity index (χ1n) is 10.5. The maximum Gasteiger partial charge on any atom is 0.259 e. The highest BCUT2D eigenvalue weighted by Crippen LogP contribution is 2.43. The lowest BCUT2D eigenvalue weighted by Gasteiger charge is -2.29. The van der Waals surface area contributed by atoms with Crippen LogP contribution < -0.4 is 15.8 Å². The molecule has 2 amide bonds. The van der Waals surface area contributed by atoms with Gasteiger partial charge in [-0.2, -0.15) is 0 Å². The van der Waals surface area contributed by atoms with Gasteiger partial charge in [-0.25, -0.2) is 4.39 Å². The third-order valence-electron chi connectivity index (χ3n) is 5.90. The van der Waals surface area contributed by atoms with Gasteiger partial charge in [0.25, 0.3) is 11.8 Å². The van der Waals surface area contributed by atoms with E-state index in [-0.39, 0.29) is 24.2 Å². The normalized spacial score (nSPS) is 18.6. The fourth-order valence-electron chi connectivity index (χ4n) is 4.32. The van der Waals surface area contributed by atoms with Gasteiger partial charge in [0.05, 0.1) is 4.88 Å². The first-order chi connectivity index (χ1) is 15.0. The molecule has 0 radical (unpaired) electrons. The molecule has 2 aromatic carbocycles. The molecular formula is C24H25FN2O3S. The van der Waals surface area contributed by atoms with Gasteiger partial charge in [-0.3, -0.25) is 9.59 Å². The molecule has 0 bridgehead atoms. The molecule has 7 heteroatoms. The van der Waals surface area contributed by atoms with E-state index in [9.17, 15) is 14.0 Å². The van der Waals surface area contributed by atoms with Crippen LogP contribution in [0.2, 0.25) is 0 Å². The van der Waals surface area contributed by atoms with E-state index < -0.39 is 5.82 Å². The lowest BCUT2D eigenvalue weighted by molar-refractivity contribution is -0.123. The molecule has 1 saturated carbocycles. The third kappa shape index (κ3) is 4.88. The fraction of sp³-hybridized carbons (Fsp3) is 0.333. The van der Waals surface area contributed by atoms with E-state index in [1.165, 1.54) is 23.5 Å². The number of carbonyl (C=O) groups is 2. The van der Waals surface area contributed by atoms with E-state index in [0.717, 1.165) is 41.3 Å². The number of ether oxygens (including phenoxy) is 1. The van der Waals surface area contributed by atoms with Crippen molar-refractivity contribution in [3.8, 4) is 5.75 Å². The van der Waals surface area contributed by atoms with Crippen molar-refractivity contribution in [3.63, 3.8) is 0 Å². The molecular weight excluding hydrogens is 415 g/mol. The maximum atomic E-state index is 13.6. The molecule has 1 heterocycles. The van der Waals surface area contributed by atoms with Gasteiger partial charge in [0, 0.05) is 11.2 Å². The number of nitrogens with two attached hydrogens (primary N) is 1. The number of rotatable bonds is 7. The van der Waals surface area contributed by atoms with Gasteiger partial charge in [-0.15, -0.1) is 11.3 Å². The number of nitrogens with one attached hydrogen (secondary N) is 1. The number of para-hydroxylation sites is 1. The number of carbonyl (C=O) groups excluding carboxylic acids is 2. The van der Waals surface area contributed by atoms with Gasteiger partial charge < -0.3 is 15.8 Å². The molecule has 3 aromatic rings. The minimum absolute atomic E-state index is 0.0754. The Morgan fingerprint density at radius 3 is 2.52 bits per heavy atom. The van der Waals surface area contributed by atoms with E-state index >= 15 is 0 Å². The molecule has 0 atom stereocenters. The third-order valence-corrected chi connectivity index (χ3v) is 7.10. The van der Waals surface area contributed by atoms with Crippen molar-refractivity contribution < 1.29 is 18.7 Å². The summed E-state index contributed by atoms with van der Waals surface area (Å²) in [5.74, 6) is -0.354. The van der Waals surface area contributed by atoms with Crippen LogP contribution >= 0.6 is 11.3 Å². The van der Waals surface area contributed by atoms with Gasteiger partial charge in [-0.05, 0) is 66.7 Å². The van der Waals surface area contributed by atoms with Gasteiger partial charge in [0.1, 0.15) is 0 Å². The predicted octanol–water partition coefficient (Wildman–Crippen LogP) is 4.61. The summed E-state index contributed by atoms with van der Waals surface area (Å²) in [6, 6.07) is 14.1. The predicted molar refractivity (Wildman–Crippen MR) is 120 cm³/mol. The Balaban J connectivity index is 1.30. The SMILES string of the molecule is NC(=O)c1sc2ccccc2c1C1CCC(CNC(=O)COc2ccccc2F)CC1. The average Bonchev–Trinajstić information content (AvgIpc) is 3.17. The number of halogens is 1. The fourth-order valence-corrected chi connectivity index (χ4v) is 5.46. The molecule has 162 valence electrons. The largest absolute Gasteiger partial charge is 0.481 e. The summed E-state index contributed by atoms with van der Waals surface area (Å²) < 4.78 is 19.9. The Hall–Kier alpha value is -2.93. The minimum Gasteiger partial charge on any atom is -0.481 e. The Bertz CT molecular complexity index is 1090. The molecule has 0 spiro atoms. The molecule has 0 saturated heterocycles. The molecule has 1 aliphatic rings. The zero-order chi connectivity index (χ0) is 21.8. The summed E-state index contributed by atoms with van der Waals surface area (Å²) in [6.07, 6.45) is 3.82. The van der Waals surface area contributed by atoms with Gasteiger partial charge in [0.15, 0.2) is 18.2 Å². The zero-order valence-corrected chi connectivity index (χ0v) is 17.9. The smallest absolute Gasteiger partial charge is 0.259 e. The van der Waals surface area contributed by atoms with E-state index in [0.29, 0.717) is 23.3 Å². The van der Waals surface area contributed by atoms with Crippen LogP contribution in [0.3, 0.4) is 0 Å². The Labute approximate surface area is 184 Å². The highest BCUT2D eigenvalue weighted by molar-refractivity contribution is 7.21. The Kier molecular flexibility index (Phi) is 6.51. The van der Waals surface area contributed by atoms with Crippen LogP contribution in [0.5, 0.6) is 5.75 Å². The summed E-state index contributed by atoms with van der Waals surface area (Å²) in [5.41, 5.74) is 6.75. The van der Waals surface area contributed by atoms with Crippen LogP contribution in [-0.2, 0) is 4.79 Å². The van der Waals surface area contributed by atoms with Crippen LogP contribution in [0.25, 0.3) is 10.1 Å². The number of hydrogen-bond donors (Lipinski definition) is 2. The molecule has 4 rings (SSSR count). The van der Waals surface area contributed by atoms with Crippen molar-refractivity contribution in [2.24, 2.45) is 11.7 Å². The second-order valence-electron chi connectivity index (χ2n) is 7.95. The number of fused-ring (bicyclic) bond motifs is 1. The number of amides is 2. The molecule has 0 aliphatic heterocycles. The quantitative estimate of drug-likeness (QED) is 0.563.